The van der Waals surface area contributed by atoms with Crippen molar-refractivity contribution in [1.29, 1.82) is 0 Å². The molecule has 2 saturated carbocycles. The van der Waals surface area contributed by atoms with Crippen molar-refractivity contribution in [3.8, 4) is 0 Å². The molecule has 1 aromatic rings. The molecule has 3 saturated heterocycles. The van der Waals surface area contributed by atoms with Gasteiger partial charge in [-0.15, -0.1) is 0 Å². The van der Waals surface area contributed by atoms with Crippen LogP contribution in [-0.2, 0) is 46.9 Å². The summed E-state index contributed by atoms with van der Waals surface area (Å²) >= 11 is 0. The average molecular weight is 544 g/mol. The van der Waals surface area contributed by atoms with Gasteiger partial charge in [-0.05, 0) is 41.6 Å². The number of esters is 1. The number of rotatable bonds is 5. The van der Waals surface area contributed by atoms with E-state index in [0.29, 0.717) is 25.1 Å². The third-order valence-electron chi connectivity index (χ3n) is 10.8. The van der Waals surface area contributed by atoms with Crippen LogP contribution in [0.1, 0.15) is 45.7 Å². The predicted octanol–water partition coefficient (Wildman–Crippen LogP) is 2.11. The smallest absolute Gasteiger partial charge is 0.458 e. The molecule has 8 rings (SSSR count). The lowest BCUT2D eigenvalue weighted by atomic mass is 9.46. The van der Waals surface area contributed by atoms with Crippen molar-refractivity contribution >= 4 is 18.1 Å². The molecule has 208 valence electrons. The van der Waals surface area contributed by atoms with Crippen LogP contribution in [-0.4, -0.2) is 74.4 Å². The molecule has 0 bridgehead atoms. The number of nitrogens with zero attached hydrogens (tertiary/aromatic N) is 3. The molecule has 7 aliphatic rings. The summed E-state index contributed by atoms with van der Waals surface area (Å²) in [4.78, 5) is 39.8. The Balaban J connectivity index is 1.11. The van der Waals surface area contributed by atoms with Gasteiger partial charge >= 0.3 is 18.1 Å². The van der Waals surface area contributed by atoms with Crippen LogP contribution < -0.4 is 0 Å². The first kappa shape index (κ1) is 23.8. The quantitative estimate of drug-likeness (QED) is 0.231. The fourth-order valence-electron chi connectivity index (χ4n) is 8.84. The van der Waals surface area contributed by atoms with Crippen LogP contribution in [0.25, 0.3) is 0 Å². The Kier molecular flexibility index (Phi) is 4.27. The minimum atomic E-state index is -0.910. The number of cyclic esters (lactones) is 1. The zero-order valence-electron chi connectivity index (χ0n) is 22.0. The van der Waals surface area contributed by atoms with Crippen molar-refractivity contribution in [3.63, 3.8) is 0 Å². The van der Waals surface area contributed by atoms with Crippen LogP contribution in [0, 0.1) is 27.4 Å². The number of fused-ring (bicyclic) bond motifs is 4. The number of carbonyl (C=O) groups excluding carboxylic acids is 2. The molecular formula is C26H29N3O10. The Hall–Kier alpha value is -3.03. The SMILES string of the molecule is CC(C)[C@]12O[C@H]1[C@@H]1O[C@]13[C@]1(O[C@H]1C[C@H]1C4=C(CC[C@@]13C)C(=O)OC4)[C@@H]2OC(=O)OCc1cnc([N+](=O)[O-])n1C. The van der Waals surface area contributed by atoms with E-state index in [4.69, 9.17) is 28.4 Å². The van der Waals surface area contributed by atoms with E-state index in [9.17, 15) is 19.7 Å². The minimum absolute atomic E-state index is 0.00787. The van der Waals surface area contributed by atoms with Crippen LogP contribution in [0.5, 0.6) is 0 Å². The summed E-state index contributed by atoms with van der Waals surface area (Å²) in [6.07, 6.45) is 0.972. The molecule has 0 unspecified atom stereocenters. The van der Waals surface area contributed by atoms with Crippen molar-refractivity contribution in [2.45, 2.75) is 87.9 Å². The Bertz CT molecular complexity index is 1400. The van der Waals surface area contributed by atoms with Crippen LogP contribution in [0.3, 0.4) is 0 Å². The highest BCUT2D eigenvalue weighted by atomic mass is 16.8. The van der Waals surface area contributed by atoms with E-state index >= 15 is 0 Å². The van der Waals surface area contributed by atoms with Crippen molar-refractivity contribution in [3.05, 3.63) is 33.2 Å². The third-order valence-corrected chi connectivity index (χ3v) is 10.8. The zero-order chi connectivity index (χ0) is 27.3. The number of aromatic nitrogens is 2. The number of hydrogen-bond donors (Lipinski definition) is 0. The first-order chi connectivity index (χ1) is 18.5. The van der Waals surface area contributed by atoms with E-state index in [2.05, 4.69) is 11.9 Å². The predicted molar refractivity (Wildman–Crippen MR) is 126 cm³/mol. The number of epoxide rings is 3. The second kappa shape index (κ2) is 6.99. The van der Waals surface area contributed by atoms with E-state index < -0.39 is 34.0 Å². The second-order valence-corrected chi connectivity index (χ2v) is 12.4. The van der Waals surface area contributed by atoms with E-state index in [-0.39, 0.29) is 54.1 Å². The number of nitro groups is 1. The van der Waals surface area contributed by atoms with Crippen molar-refractivity contribution in [1.82, 2.24) is 9.55 Å². The Morgan fingerprint density at radius 1 is 1.31 bits per heavy atom. The molecule has 39 heavy (non-hydrogen) atoms. The van der Waals surface area contributed by atoms with E-state index in [1.54, 1.807) is 0 Å². The molecule has 5 fully saturated rings. The highest BCUT2D eigenvalue weighted by Crippen LogP contribution is 2.83. The Morgan fingerprint density at radius 3 is 2.82 bits per heavy atom. The van der Waals surface area contributed by atoms with Crippen molar-refractivity contribution in [2.24, 2.45) is 24.3 Å². The molecule has 3 aliphatic carbocycles. The van der Waals surface area contributed by atoms with Crippen molar-refractivity contribution in [2.75, 3.05) is 6.61 Å². The van der Waals surface area contributed by atoms with Gasteiger partial charge in [0.15, 0.2) is 24.0 Å². The zero-order valence-corrected chi connectivity index (χ0v) is 22.0. The molecule has 5 heterocycles. The summed E-state index contributed by atoms with van der Waals surface area (Å²) in [5.41, 5.74) is -0.516. The summed E-state index contributed by atoms with van der Waals surface area (Å²) in [5.74, 6) is -0.494. The first-order valence-electron chi connectivity index (χ1n) is 13.4. The van der Waals surface area contributed by atoms with Crippen LogP contribution in [0.4, 0.5) is 10.7 Å². The van der Waals surface area contributed by atoms with Crippen LogP contribution in [0.15, 0.2) is 17.3 Å². The third kappa shape index (κ3) is 2.51. The first-order valence-corrected chi connectivity index (χ1v) is 13.4. The largest absolute Gasteiger partial charge is 0.509 e. The number of imidazole rings is 1. The lowest BCUT2D eigenvalue weighted by Crippen LogP contribution is -2.70. The summed E-state index contributed by atoms with van der Waals surface area (Å²) in [6, 6.07) is 0. The summed E-state index contributed by atoms with van der Waals surface area (Å²) < 4.78 is 37.8. The molecule has 13 heteroatoms. The monoisotopic (exact) mass is 543 g/mol. The van der Waals surface area contributed by atoms with E-state index in [0.717, 1.165) is 17.6 Å². The van der Waals surface area contributed by atoms with Gasteiger partial charge < -0.3 is 38.5 Å². The lowest BCUT2D eigenvalue weighted by Gasteiger charge is -2.53. The van der Waals surface area contributed by atoms with Crippen LogP contribution >= 0.6 is 0 Å². The fraction of sp³-hybridized carbons (Fsp3) is 0.731. The van der Waals surface area contributed by atoms with Gasteiger partial charge in [-0.1, -0.05) is 25.8 Å². The topological polar surface area (TPSA) is 160 Å². The lowest BCUT2D eigenvalue weighted by molar-refractivity contribution is -0.396. The maximum Gasteiger partial charge on any atom is 0.509 e. The average Bonchev–Trinajstić information content (AvgIpc) is 3.80. The van der Waals surface area contributed by atoms with Gasteiger partial charge in [0.2, 0.25) is 0 Å². The summed E-state index contributed by atoms with van der Waals surface area (Å²) in [7, 11) is 1.48. The van der Waals surface area contributed by atoms with E-state index in [1.165, 1.54) is 17.8 Å². The van der Waals surface area contributed by atoms with Gasteiger partial charge in [0.05, 0.1) is 13.2 Å². The van der Waals surface area contributed by atoms with Crippen LogP contribution in [0.2, 0.25) is 0 Å². The van der Waals surface area contributed by atoms with Gasteiger partial charge in [0.1, 0.15) is 36.2 Å². The summed E-state index contributed by atoms with van der Waals surface area (Å²) in [6.45, 7) is 6.34. The molecule has 9 atom stereocenters. The Morgan fingerprint density at radius 2 is 2.10 bits per heavy atom. The van der Waals surface area contributed by atoms with Gasteiger partial charge in [-0.3, -0.25) is 0 Å². The summed E-state index contributed by atoms with van der Waals surface area (Å²) in [5, 5.41) is 11.1. The number of hydrogen-bond acceptors (Lipinski definition) is 11. The molecule has 13 nitrogen and oxygen atoms in total. The highest BCUT2D eigenvalue weighted by Gasteiger charge is 3.01. The molecule has 0 amide bonds. The molecule has 0 radical (unpaired) electrons. The molecule has 4 aliphatic heterocycles. The van der Waals surface area contributed by atoms with Gasteiger partial charge in [0.25, 0.3) is 0 Å². The molecular weight excluding hydrogens is 514 g/mol. The standard InChI is InChI=1S/C26H29N3O10/c1-11(2)24-17(38-24)18-26(39-18)23(3)6-5-13-14(10-34-19(13)30)15(23)7-16-25(26,37-16)20(24)36-22(31)35-9-12-8-27-21(28(12)4)29(32)33/h8,11,15-18,20H,5-7,9-10H2,1-4H3/t15-,16-,17-,18-,20+,23-,24-,25+,26+/m0/s1. The minimum Gasteiger partial charge on any atom is -0.458 e. The molecule has 1 aromatic heterocycles. The number of carbonyl (C=O) groups is 2. The van der Waals surface area contributed by atoms with Gasteiger partial charge in [-0.25, -0.2) is 14.2 Å². The molecule has 0 N–H and O–H groups in total. The second-order valence-electron chi connectivity index (χ2n) is 12.4. The van der Waals surface area contributed by atoms with Gasteiger partial charge in [-0.2, -0.15) is 0 Å². The molecule has 2 spiro atoms. The fourth-order valence-corrected chi connectivity index (χ4v) is 8.84. The maximum absolute atomic E-state index is 13.1. The van der Waals surface area contributed by atoms with E-state index in [1.807, 2.05) is 13.8 Å². The normalized spacial score (nSPS) is 45.7. The Labute approximate surface area is 222 Å². The maximum atomic E-state index is 13.1. The van der Waals surface area contributed by atoms with Gasteiger partial charge in [0, 0.05) is 11.0 Å². The molecule has 0 aromatic carbocycles. The highest BCUT2D eigenvalue weighted by molar-refractivity contribution is 5.92. The van der Waals surface area contributed by atoms with Crippen molar-refractivity contribution < 1.29 is 42.9 Å². The number of ether oxygens (including phenoxy) is 6.